The van der Waals surface area contributed by atoms with Gasteiger partial charge in [0.1, 0.15) is 0 Å². The Kier molecular flexibility index (Phi) is 3.11. The van der Waals surface area contributed by atoms with Crippen molar-refractivity contribution in [2.24, 2.45) is 11.8 Å². The molecule has 5 nitrogen and oxygen atoms in total. The Morgan fingerprint density at radius 1 is 1.24 bits per heavy atom. The highest BCUT2D eigenvalue weighted by Gasteiger charge is 2.54. The second kappa shape index (κ2) is 4.88. The number of aliphatic hydroxyl groups excluding tert-OH is 1. The van der Waals surface area contributed by atoms with Crippen LogP contribution in [0, 0.1) is 17.7 Å². The minimum absolute atomic E-state index is 0.174. The molecule has 1 spiro atoms. The molecule has 1 aromatic heterocycles. The molecule has 1 N–H and O–H groups in total. The van der Waals surface area contributed by atoms with Crippen molar-refractivity contribution in [1.29, 1.82) is 0 Å². The van der Waals surface area contributed by atoms with Crippen molar-refractivity contribution in [3.8, 4) is 0 Å². The Bertz CT molecular complexity index is 513. The zero-order chi connectivity index (χ0) is 14.4. The van der Waals surface area contributed by atoms with Gasteiger partial charge in [-0.2, -0.15) is 0 Å². The first kappa shape index (κ1) is 13.4. The molecule has 1 atom stereocenters. The summed E-state index contributed by atoms with van der Waals surface area (Å²) in [5, 5.41) is 9.49. The SMILES string of the molecule is OCC1CN(CC2CC2)C2(C1)CN(c1ncc(F)cn1)C2. The molecule has 3 heterocycles. The van der Waals surface area contributed by atoms with Crippen LogP contribution < -0.4 is 4.90 Å². The van der Waals surface area contributed by atoms with Gasteiger partial charge in [0.25, 0.3) is 0 Å². The fraction of sp³-hybridized carbons (Fsp3) is 0.733. The van der Waals surface area contributed by atoms with Gasteiger partial charge in [0, 0.05) is 32.8 Å². The quantitative estimate of drug-likeness (QED) is 0.893. The summed E-state index contributed by atoms with van der Waals surface area (Å²) in [5.74, 6) is 1.46. The van der Waals surface area contributed by atoms with Gasteiger partial charge in [-0.05, 0) is 31.1 Å². The molecular weight excluding hydrogens is 271 g/mol. The predicted octanol–water partition coefficient (Wildman–Crippen LogP) is 0.899. The summed E-state index contributed by atoms with van der Waals surface area (Å²) in [5.41, 5.74) is 0.174. The molecule has 6 heteroatoms. The van der Waals surface area contributed by atoms with Crippen LogP contribution >= 0.6 is 0 Å². The van der Waals surface area contributed by atoms with Crippen LogP contribution in [-0.2, 0) is 0 Å². The molecule has 2 aliphatic heterocycles. The first-order valence-corrected chi connectivity index (χ1v) is 7.77. The van der Waals surface area contributed by atoms with Crippen LogP contribution in [0.5, 0.6) is 0 Å². The molecule has 3 fully saturated rings. The molecule has 0 bridgehead atoms. The van der Waals surface area contributed by atoms with E-state index in [0.29, 0.717) is 11.9 Å². The zero-order valence-electron chi connectivity index (χ0n) is 12.1. The van der Waals surface area contributed by atoms with E-state index in [-0.39, 0.29) is 12.1 Å². The molecule has 1 unspecified atom stereocenters. The van der Waals surface area contributed by atoms with Gasteiger partial charge in [-0.25, -0.2) is 14.4 Å². The van der Waals surface area contributed by atoms with Crippen LogP contribution in [0.2, 0.25) is 0 Å². The third-order valence-corrected chi connectivity index (χ3v) is 5.11. The van der Waals surface area contributed by atoms with Gasteiger partial charge in [0.15, 0.2) is 5.82 Å². The summed E-state index contributed by atoms with van der Waals surface area (Å²) in [6, 6.07) is 0. The number of nitrogens with zero attached hydrogens (tertiary/aromatic N) is 4. The summed E-state index contributed by atoms with van der Waals surface area (Å²) in [7, 11) is 0. The topological polar surface area (TPSA) is 52.5 Å². The van der Waals surface area contributed by atoms with Crippen molar-refractivity contribution in [2.75, 3.05) is 37.7 Å². The fourth-order valence-corrected chi connectivity index (χ4v) is 3.84. The van der Waals surface area contributed by atoms with Crippen LogP contribution in [0.15, 0.2) is 12.4 Å². The number of anilines is 1. The van der Waals surface area contributed by atoms with E-state index >= 15 is 0 Å². The average molecular weight is 292 g/mol. The van der Waals surface area contributed by atoms with E-state index in [0.717, 1.165) is 38.5 Å². The van der Waals surface area contributed by atoms with Crippen LogP contribution in [0.1, 0.15) is 19.3 Å². The maximum atomic E-state index is 12.9. The molecule has 1 aliphatic carbocycles. The lowest BCUT2D eigenvalue weighted by Crippen LogP contribution is -2.68. The number of likely N-dealkylation sites (tertiary alicyclic amines) is 1. The van der Waals surface area contributed by atoms with Crippen molar-refractivity contribution in [2.45, 2.75) is 24.8 Å². The van der Waals surface area contributed by atoms with E-state index in [4.69, 9.17) is 0 Å². The highest BCUT2D eigenvalue weighted by atomic mass is 19.1. The van der Waals surface area contributed by atoms with Crippen LogP contribution in [0.4, 0.5) is 10.3 Å². The maximum Gasteiger partial charge on any atom is 0.225 e. The smallest absolute Gasteiger partial charge is 0.225 e. The van der Waals surface area contributed by atoms with Gasteiger partial charge in [0.2, 0.25) is 5.95 Å². The Hall–Kier alpha value is -1.27. The first-order chi connectivity index (χ1) is 10.2. The fourth-order valence-electron chi connectivity index (χ4n) is 3.84. The van der Waals surface area contributed by atoms with E-state index < -0.39 is 5.82 Å². The number of aliphatic hydroxyl groups is 1. The predicted molar refractivity (Wildman–Crippen MR) is 76.4 cm³/mol. The molecule has 0 radical (unpaired) electrons. The summed E-state index contributed by atoms with van der Waals surface area (Å²) in [4.78, 5) is 12.8. The van der Waals surface area contributed by atoms with E-state index in [9.17, 15) is 9.50 Å². The molecular formula is C15H21FN4O. The zero-order valence-corrected chi connectivity index (χ0v) is 12.1. The third kappa shape index (κ3) is 2.40. The van der Waals surface area contributed by atoms with Gasteiger partial charge in [0.05, 0.1) is 17.9 Å². The molecule has 1 aromatic rings. The molecule has 0 aromatic carbocycles. The van der Waals surface area contributed by atoms with Gasteiger partial charge in [-0.1, -0.05) is 0 Å². The van der Waals surface area contributed by atoms with E-state index in [1.54, 1.807) is 0 Å². The van der Waals surface area contributed by atoms with Crippen LogP contribution in [-0.4, -0.2) is 58.3 Å². The van der Waals surface area contributed by atoms with Crippen molar-refractivity contribution >= 4 is 5.95 Å². The highest BCUT2D eigenvalue weighted by Crippen LogP contribution is 2.43. The maximum absolute atomic E-state index is 12.9. The summed E-state index contributed by atoms with van der Waals surface area (Å²) < 4.78 is 12.9. The summed E-state index contributed by atoms with van der Waals surface area (Å²) >= 11 is 0. The third-order valence-electron chi connectivity index (χ3n) is 5.11. The number of rotatable bonds is 4. The standard InChI is InChI=1S/C15H21FN4O/c16-13-4-17-14(18-5-13)19-9-15(10-19)3-12(8-21)7-20(15)6-11-1-2-11/h4-5,11-12,21H,1-3,6-10H2. The van der Waals surface area contributed by atoms with E-state index in [1.165, 1.54) is 25.2 Å². The van der Waals surface area contributed by atoms with Crippen molar-refractivity contribution in [3.05, 3.63) is 18.2 Å². The monoisotopic (exact) mass is 292 g/mol. The van der Waals surface area contributed by atoms with Gasteiger partial charge in [-0.3, -0.25) is 4.90 Å². The van der Waals surface area contributed by atoms with Crippen molar-refractivity contribution in [3.63, 3.8) is 0 Å². The number of hydrogen-bond acceptors (Lipinski definition) is 5. The number of hydrogen-bond donors (Lipinski definition) is 1. The summed E-state index contributed by atoms with van der Waals surface area (Å²) in [6.45, 7) is 4.22. The molecule has 1 saturated carbocycles. The lowest BCUT2D eigenvalue weighted by molar-refractivity contribution is 0.0971. The lowest BCUT2D eigenvalue weighted by Gasteiger charge is -2.53. The average Bonchev–Trinajstić information content (AvgIpc) is 3.17. The normalized spacial score (nSPS) is 28.1. The summed E-state index contributed by atoms with van der Waals surface area (Å²) in [6.07, 6.45) is 6.19. The molecule has 2 saturated heterocycles. The Morgan fingerprint density at radius 2 is 1.95 bits per heavy atom. The molecule has 4 rings (SSSR count). The molecule has 0 amide bonds. The lowest BCUT2D eigenvalue weighted by atomic mass is 9.84. The van der Waals surface area contributed by atoms with Gasteiger partial charge in [-0.15, -0.1) is 0 Å². The number of halogens is 1. The van der Waals surface area contributed by atoms with Crippen LogP contribution in [0.3, 0.4) is 0 Å². The second-order valence-corrected chi connectivity index (χ2v) is 6.88. The minimum Gasteiger partial charge on any atom is -0.396 e. The van der Waals surface area contributed by atoms with Crippen molar-refractivity contribution in [1.82, 2.24) is 14.9 Å². The van der Waals surface area contributed by atoms with Crippen LogP contribution in [0.25, 0.3) is 0 Å². The highest BCUT2D eigenvalue weighted by molar-refractivity contribution is 5.39. The Labute approximate surface area is 123 Å². The van der Waals surface area contributed by atoms with E-state index in [2.05, 4.69) is 19.8 Å². The Morgan fingerprint density at radius 3 is 2.57 bits per heavy atom. The molecule has 21 heavy (non-hydrogen) atoms. The van der Waals surface area contributed by atoms with Crippen molar-refractivity contribution < 1.29 is 9.50 Å². The first-order valence-electron chi connectivity index (χ1n) is 7.77. The molecule has 3 aliphatic rings. The second-order valence-electron chi connectivity index (χ2n) is 6.88. The number of aromatic nitrogens is 2. The Balaban J connectivity index is 1.45. The largest absolute Gasteiger partial charge is 0.396 e. The van der Waals surface area contributed by atoms with Gasteiger partial charge < -0.3 is 10.0 Å². The minimum atomic E-state index is -0.398. The molecule has 114 valence electrons. The van der Waals surface area contributed by atoms with Gasteiger partial charge >= 0.3 is 0 Å². The van der Waals surface area contributed by atoms with E-state index in [1.807, 2.05) is 0 Å².